The van der Waals surface area contributed by atoms with E-state index in [1.165, 1.54) is 11.8 Å². The number of aromatic nitrogens is 4. The van der Waals surface area contributed by atoms with Crippen LogP contribution in [0.15, 0.2) is 78.2 Å². The molecular weight excluding hydrogens is 406 g/mol. The highest BCUT2D eigenvalue weighted by Crippen LogP contribution is 2.25. The van der Waals surface area contributed by atoms with E-state index in [1.54, 1.807) is 12.4 Å². The maximum atomic E-state index is 12.6. The Morgan fingerprint density at radius 1 is 1.03 bits per heavy atom. The van der Waals surface area contributed by atoms with Gasteiger partial charge in [-0.3, -0.25) is 14.3 Å². The molecule has 0 saturated carbocycles. The van der Waals surface area contributed by atoms with Crippen LogP contribution in [0.5, 0.6) is 0 Å². The monoisotopic (exact) mass is 429 g/mol. The van der Waals surface area contributed by atoms with Gasteiger partial charge in [0.2, 0.25) is 5.91 Å². The highest BCUT2D eigenvalue weighted by atomic mass is 32.2. The second kappa shape index (κ2) is 9.57. The summed E-state index contributed by atoms with van der Waals surface area (Å²) >= 11 is 1.38. The molecule has 2 aromatic heterocycles. The fourth-order valence-corrected chi connectivity index (χ4v) is 3.94. The minimum atomic E-state index is -0.0733. The molecule has 0 saturated heterocycles. The van der Waals surface area contributed by atoms with Crippen molar-refractivity contribution in [2.75, 3.05) is 11.1 Å². The number of hydrogen-bond donors (Lipinski definition) is 1. The van der Waals surface area contributed by atoms with Gasteiger partial charge >= 0.3 is 0 Å². The van der Waals surface area contributed by atoms with Crippen molar-refractivity contribution in [2.24, 2.45) is 0 Å². The summed E-state index contributed by atoms with van der Waals surface area (Å²) in [6.07, 6.45) is 3.50. The van der Waals surface area contributed by atoms with Gasteiger partial charge in [-0.05, 0) is 48.7 Å². The number of nitrogens with one attached hydrogen (secondary N) is 1. The third-order valence-electron chi connectivity index (χ3n) is 4.82. The van der Waals surface area contributed by atoms with Crippen molar-refractivity contribution in [3.8, 4) is 11.4 Å². The molecule has 7 heteroatoms. The van der Waals surface area contributed by atoms with E-state index in [0.717, 1.165) is 33.8 Å². The highest BCUT2D eigenvalue weighted by Gasteiger charge is 2.16. The van der Waals surface area contributed by atoms with Crippen LogP contribution in [0.1, 0.15) is 16.7 Å². The Balaban J connectivity index is 1.54. The number of aryl methyl sites for hydroxylation is 2. The van der Waals surface area contributed by atoms with Crippen LogP contribution in [0.2, 0.25) is 0 Å². The maximum Gasteiger partial charge on any atom is 0.234 e. The zero-order valence-electron chi connectivity index (χ0n) is 17.4. The van der Waals surface area contributed by atoms with Crippen LogP contribution >= 0.6 is 11.8 Å². The number of benzene rings is 2. The van der Waals surface area contributed by atoms with Gasteiger partial charge in [-0.15, -0.1) is 10.2 Å². The van der Waals surface area contributed by atoms with Gasteiger partial charge in [-0.2, -0.15) is 0 Å². The summed E-state index contributed by atoms with van der Waals surface area (Å²) in [6, 6.07) is 20.0. The van der Waals surface area contributed by atoms with Gasteiger partial charge in [0, 0.05) is 23.6 Å². The summed E-state index contributed by atoms with van der Waals surface area (Å²) in [6.45, 7) is 4.60. The molecule has 156 valence electrons. The summed E-state index contributed by atoms with van der Waals surface area (Å²) in [7, 11) is 0. The first-order chi connectivity index (χ1) is 15.1. The summed E-state index contributed by atoms with van der Waals surface area (Å²) < 4.78 is 2.03. The van der Waals surface area contributed by atoms with Crippen LogP contribution in [0.4, 0.5) is 5.69 Å². The Bertz CT molecular complexity index is 1180. The molecule has 4 rings (SSSR count). The van der Waals surface area contributed by atoms with Crippen LogP contribution in [0, 0.1) is 13.8 Å². The molecule has 2 heterocycles. The summed E-state index contributed by atoms with van der Waals surface area (Å²) in [5.41, 5.74) is 5.01. The fourth-order valence-electron chi connectivity index (χ4n) is 3.20. The summed E-state index contributed by atoms with van der Waals surface area (Å²) in [5.74, 6) is 0.901. The van der Waals surface area contributed by atoms with Gasteiger partial charge in [0.05, 0.1) is 12.3 Å². The zero-order chi connectivity index (χ0) is 21.6. The molecule has 0 bridgehead atoms. The molecule has 0 aliphatic carbocycles. The van der Waals surface area contributed by atoms with Crippen molar-refractivity contribution in [1.29, 1.82) is 0 Å². The maximum absolute atomic E-state index is 12.6. The highest BCUT2D eigenvalue weighted by molar-refractivity contribution is 7.99. The number of rotatable bonds is 7. The SMILES string of the molecule is Cc1ccc(C)c(NC(=O)CSc2nnc(-c3cccnc3)n2Cc2ccccc2)c1. The number of anilines is 1. The van der Waals surface area contributed by atoms with Gasteiger partial charge in [0.1, 0.15) is 0 Å². The van der Waals surface area contributed by atoms with E-state index in [4.69, 9.17) is 0 Å². The molecule has 0 spiro atoms. The lowest BCUT2D eigenvalue weighted by molar-refractivity contribution is -0.113. The second-order valence-electron chi connectivity index (χ2n) is 7.27. The Morgan fingerprint density at radius 2 is 1.87 bits per heavy atom. The van der Waals surface area contributed by atoms with Gasteiger partial charge in [0.25, 0.3) is 0 Å². The molecular formula is C24H23N5OS. The van der Waals surface area contributed by atoms with Crippen molar-refractivity contribution in [1.82, 2.24) is 19.7 Å². The number of pyridine rings is 1. The Morgan fingerprint density at radius 3 is 2.65 bits per heavy atom. The van der Waals surface area contributed by atoms with E-state index < -0.39 is 0 Å². The van der Waals surface area contributed by atoms with E-state index in [-0.39, 0.29) is 11.7 Å². The van der Waals surface area contributed by atoms with Crippen LogP contribution in [-0.4, -0.2) is 31.4 Å². The van der Waals surface area contributed by atoms with E-state index in [9.17, 15) is 4.79 Å². The smallest absolute Gasteiger partial charge is 0.234 e. The molecule has 1 amide bonds. The zero-order valence-corrected chi connectivity index (χ0v) is 18.3. The lowest BCUT2D eigenvalue weighted by Crippen LogP contribution is -2.15. The molecule has 31 heavy (non-hydrogen) atoms. The van der Waals surface area contributed by atoms with Crippen LogP contribution < -0.4 is 5.32 Å². The third-order valence-corrected chi connectivity index (χ3v) is 5.79. The number of amides is 1. The van der Waals surface area contributed by atoms with Gasteiger partial charge in [-0.25, -0.2) is 0 Å². The standard InChI is InChI=1S/C24H23N5OS/c1-17-10-11-18(2)21(13-17)26-22(30)16-31-24-28-27-23(20-9-6-12-25-14-20)29(24)15-19-7-4-3-5-8-19/h3-14H,15-16H2,1-2H3,(H,26,30). The number of carbonyl (C=O) groups excluding carboxylic acids is 1. The predicted octanol–water partition coefficient (Wildman–Crippen LogP) is 4.74. The van der Waals surface area contributed by atoms with Crippen molar-refractivity contribution < 1.29 is 4.79 Å². The van der Waals surface area contributed by atoms with Gasteiger partial charge in [-0.1, -0.05) is 54.2 Å². The minimum absolute atomic E-state index is 0.0733. The number of carbonyl (C=O) groups is 1. The van der Waals surface area contributed by atoms with Crippen molar-refractivity contribution in [3.63, 3.8) is 0 Å². The Hall–Kier alpha value is -3.45. The Labute approximate surface area is 185 Å². The second-order valence-corrected chi connectivity index (χ2v) is 8.22. The first-order valence-corrected chi connectivity index (χ1v) is 11.0. The molecule has 0 radical (unpaired) electrons. The molecule has 0 aliphatic heterocycles. The first-order valence-electron chi connectivity index (χ1n) is 9.97. The van der Waals surface area contributed by atoms with Crippen LogP contribution in [0.3, 0.4) is 0 Å². The lowest BCUT2D eigenvalue weighted by Gasteiger charge is -2.11. The molecule has 0 aliphatic rings. The topological polar surface area (TPSA) is 72.7 Å². The summed E-state index contributed by atoms with van der Waals surface area (Å²) in [4.78, 5) is 16.8. The number of hydrogen-bond acceptors (Lipinski definition) is 5. The van der Waals surface area contributed by atoms with E-state index in [1.807, 2.05) is 66.9 Å². The lowest BCUT2D eigenvalue weighted by atomic mass is 10.1. The van der Waals surface area contributed by atoms with Crippen LogP contribution in [0.25, 0.3) is 11.4 Å². The van der Waals surface area contributed by atoms with Gasteiger partial charge in [0.15, 0.2) is 11.0 Å². The van der Waals surface area contributed by atoms with E-state index >= 15 is 0 Å². The molecule has 1 N–H and O–H groups in total. The number of nitrogens with zero attached hydrogens (tertiary/aromatic N) is 4. The molecule has 0 atom stereocenters. The van der Waals surface area contributed by atoms with Crippen LogP contribution in [-0.2, 0) is 11.3 Å². The fraction of sp³-hybridized carbons (Fsp3) is 0.167. The average molecular weight is 430 g/mol. The average Bonchev–Trinajstić information content (AvgIpc) is 3.18. The quantitative estimate of drug-likeness (QED) is 0.430. The minimum Gasteiger partial charge on any atom is -0.325 e. The van der Waals surface area contributed by atoms with Crippen molar-refractivity contribution in [3.05, 3.63) is 89.7 Å². The third kappa shape index (κ3) is 5.19. The van der Waals surface area contributed by atoms with E-state index in [0.29, 0.717) is 11.7 Å². The van der Waals surface area contributed by atoms with Crippen molar-refractivity contribution in [2.45, 2.75) is 25.5 Å². The molecule has 6 nitrogen and oxygen atoms in total. The normalized spacial score (nSPS) is 10.8. The largest absolute Gasteiger partial charge is 0.325 e. The molecule has 0 fully saturated rings. The molecule has 2 aromatic carbocycles. The predicted molar refractivity (Wildman–Crippen MR) is 124 cm³/mol. The van der Waals surface area contributed by atoms with Gasteiger partial charge < -0.3 is 5.32 Å². The molecule has 0 unspecified atom stereocenters. The van der Waals surface area contributed by atoms with Crippen molar-refractivity contribution >= 4 is 23.4 Å². The molecule has 4 aromatic rings. The number of thioether (sulfide) groups is 1. The summed E-state index contributed by atoms with van der Waals surface area (Å²) in [5, 5.41) is 12.5. The Kier molecular flexibility index (Phi) is 6.43. The first kappa shape index (κ1) is 20.8. The van der Waals surface area contributed by atoms with E-state index in [2.05, 4.69) is 32.6 Å².